The maximum absolute atomic E-state index is 12.8. The number of carbonyl (C=O) groups is 1. The van der Waals surface area contributed by atoms with Gasteiger partial charge in [0.2, 0.25) is 5.60 Å². The number of esters is 1. The van der Waals surface area contributed by atoms with Crippen molar-refractivity contribution in [2.24, 2.45) is 0 Å². The second-order valence-corrected chi connectivity index (χ2v) is 9.99. The quantitative estimate of drug-likeness (QED) is 0.605. The van der Waals surface area contributed by atoms with Gasteiger partial charge in [-0.3, -0.25) is 4.79 Å². The van der Waals surface area contributed by atoms with Crippen LogP contribution in [0.4, 0.5) is 5.82 Å². The molecule has 0 radical (unpaired) electrons. The highest BCUT2D eigenvalue weighted by Crippen LogP contribution is 2.49. The summed E-state index contributed by atoms with van der Waals surface area (Å²) in [4.78, 5) is 16.8. The second-order valence-electron chi connectivity index (χ2n) is 9.99. The number of nitrogen functional groups attached to an aromatic ring is 1. The Balaban J connectivity index is 1.39. The Kier molecular flexibility index (Phi) is 5.96. The fourth-order valence-corrected chi connectivity index (χ4v) is 5.60. The van der Waals surface area contributed by atoms with E-state index in [0.717, 1.165) is 32.1 Å². The van der Waals surface area contributed by atoms with Crippen molar-refractivity contribution in [3.63, 3.8) is 0 Å². The van der Waals surface area contributed by atoms with E-state index in [4.69, 9.17) is 29.4 Å². The van der Waals surface area contributed by atoms with Crippen molar-refractivity contribution in [2.45, 2.75) is 87.7 Å². The highest BCUT2D eigenvalue weighted by Gasteiger charge is 2.65. The first kappa shape index (κ1) is 23.9. The van der Waals surface area contributed by atoms with Gasteiger partial charge in [-0.15, -0.1) is 0 Å². The second kappa shape index (κ2) is 8.71. The van der Waals surface area contributed by atoms with E-state index in [1.54, 1.807) is 33.1 Å². The number of methoxy groups -OCH3 is 1. The van der Waals surface area contributed by atoms with Gasteiger partial charge in [-0.2, -0.15) is 10.4 Å². The lowest BCUT2D eigenvalue weighted by atomic mass is 9.82. The third kappa shape index (κ3) is 4.04. The van der Waals surface area contributed by atoms with Gasteiger partial charge in [0, 0.05) is 7.11 Å². The van der Waals surface area contributed by atoms with E-state index >= 15 is 0 Å². The first-order valence-corrected chi connectivity index (χ1v) is 12.0. The summed E-state index contributed by atoms with van der Waals surface area (Å²) in [6, 6.07) is 5.73. The van der Waals surface area contributed by atoms with E-state index in [-0.39, 0.29) is 24.8 Å². The summed E-state index contributed by atoms with van der Waals surface area (Å²) in [7, 11) is 1.65. The van der Waals surface area contributed by atoms with Crippen LogP contribution in [-0.4, -0.2) is 64.0 Å². The molecule has 5 rings (SSSR count). The summed E-state index contributed by atoms with van der Waals surface area (Å²) in [5.74, 6) is -1.04. The number of carbonyl (C=O) groups excluding carboxylic acids is 1. The molecule has 1 aliphatic carbocycles. The fraction of sp³-hybridized carbons (Fsp3) is 0.667. The number of hydrogen-bond donors (Lipinski definition) is 1. The molecule has 0 amide bonds. The van der Waals surface area contributed by atoms with Gasteiger partial charge in [-0.1, -0.05) is 19.3 Å². The van der Waals surface area contributed by atoms with Crippen molar-refractivity contribution in [1.29, 1.82) is 5.26 Å². The van der Waals surface area contributed by atoms with Crippen LogP contribution in [-0.2, 0) is 34.1 Å². The Morgan fingerprint density at radius 3 is 2.74 bits per heavy atom. The highest BCUT2D eigenvalue weighted by molar-refractivity contribution is 5.71. The Morgan fingerprint density at radius 1 is 1.26 bits per heavy atom. The molecule has 2 aromatic rings. The summed E-state index contributed by atoms with van der Waals surface area (Å²) in [5.41, 5.74) is 4.94. The van der Waals surface area contributed by atoms with Crippen LogP contribution in [0, 0.1) is 11.3 Å². The average molecular weight is 486 g/mol. The van der Waals surface area contributed by atoms with Crippen LogP contribution in [0.15, 0.2) is 18.5 Å². The minimum absolute atomic E-state index is 0.0803. The summed E-state index contributed by atoms with van der Waals surface area (Å²) >= 11 is 0. The van der Waals surface area contributed by atoms with E-state index in [1.165, 1.54) is 10.8 Å². The molecule has 2 N–H and O–H groups in total. The van der Waals surface area contributed by atoms with Crippen LogP contribution in [0.2, 0.25) is 0 Å². The predicted octanol–water partition coefficient (Wildman–Crippen LogP) is 2.23. The average Bonchev–Trinajstić information content (AvgIpc) is 3.49. The van der Waals surface area contributed by atoms with Crippen molar-refractivity contribution in [3.8, 4) is 6.07 Å². The maximum Gasteiger partial charge on any atom is 0.308 e. The van der Waals surface area contributed by atoms with Crippen LogP contribution in [0.5, 0.6) is 0 Å². The van der Waals surface area contributed by atoms with E-state index in [9.17, 15) is 10.1 Å². The number of anilines is 1. The zero-order valence-electron chi connectivity index (χ0n) is 20.2. The smallest absolute Gasteiger partial charge is 0.308 e. The van der Waals surface area contributed by atoms with Crippen LogP contribution < -0.4 is 5.73 Å². The van der Waals surface area contributed by atoms with Gasteiger partial charge < -0.3 is 29.4 Å². The van der Waals surface area contributed by atoms with Gasteiger partial charge in [0.25, 0.3) is 0 Å². The van der Waals surface area contributed by atoms with Gasteiger partial charge >= 0.3 is 5.97 Å². The van der Waals surface area contributed by atoms with Gasteiger partial charge in [0.05, 0.1) is 17.7 Å². The number of nitrogens with zero attached hydrogens (tertiary/aromatic N) is 4. The summed E-state index contributed by atoms with van der Waals surface area (Å²) in [6.45, 7) is 3.47. The molecule has 188 valence electrons. The molecule has 3 fully saturated rings. The molecule has 1 unspecified atom stereocenters. The maximum atomic E-state index is 12.8. The van der Waals surface area contributed by atoms with Crippen LogP contribution in [0.1, 0.15) is 58.1 Å². The van der Waals surface area contributed by atoms with Gasteiger partial charge in [-0.05, 0) is 38.8 Å². The molecule has 1 saturated carbocycles. The van der Waals surface area contributed by atoms with Crippen LogP contribution >= 0.6 is 0 Å². The normalized spacial score (nSPS) is 31.2. The number of aromatic nitrogens is 3. The van der Waals surface area contributed by atoms with Crippen LogP contribution in [0.25, 0.3) is 5.52 Å². The lowest BCUT2D eigenvalue weighted by Gasteiger charge is -2.35. The number of hydrogen-bond acceptors (Lipinski definition) is 10. The molecule has 0 bridgehead atoms. The van der Waals surface area contributed by atoms with Gasteiger partial charge in [-0.25, -0.2) is 9.50 Å². The molecule has 2 aromatic heterocycles. The first-order valence-electron chi connectivity index (χ1n) is 12.0. The van der Waals surface area contributed by atoms with Gasteiger partial charge in [0.15, 0.2) is 11.6 Å². The molecule has 2 saturated heterocycles. The fourth-order valence-electron chi connectivity index (χ4n) is 5.60. The summed E-state index contributed by atoms with van der Waals surface area (Å²) < 4.78 is 31.5. The minimum atomic E-state index is -1.56. The Labute approximate surface area is 203 Å². The van der Waals surface area contributed by atoms with E-state index < -0.39 is 35.3 Å². The number of nitriles is 1. The van der Waals surface area contributed by atoms with Crippen molar-refractivity contribution in [2.75, 3.05) is 19.5 Å². The molecule has 2 aliphatic heterocycles. The molecule has 11 heteroatoms. The molecule has 4 heterocycles. The Bertz CT molecular complexity index is 1150. The Hall–Kier alpha value is -2.78. The van der Waals surface area contributed by atoms with E-state index in [2.05, 4.69) is 16.2 Å². The van der Waals surface area contributed by atoms with Crippen molar-refractivity contribution < 1.29 is 28.5 Å². The molecular formula is C24H31N5O6. The third-order valence-corrected chi connectivity index (χ3v) is 7.33. The summed E-state index contributed by atoms with van der Waals surface area (Å²) in [5, 5.41) is 14.7. The largest absolute Gasteiger partial charge is 0.463 e. The first-order chi connectivity index (χ1) is 16.7. The number of fused-ring (bicyclic) bond motifs is 2. The monoisotopic (exact) mass is 485 g/mol. The van der Waals surface area contributed by atoms with E-state index in [0.29, 0.717) is 11.2 Å². The van der Waals surface area contributed by atoms with Crippen LogP contribution in [0.3, 0.4) is 0 Å². The third-order valence-electron chi connectivity index (χ3n) is 7.33. The molecule has 35 heavy (non-hydrogen) atoms. The van der Waals surface area contributed by atoms with Crippen molar-refractivity contribution in [1.82, 2.24) is 14.6 Å². The topological polar surface area (TPSA) is 143 Å². The molecule has 11 nitrogen and oxygen atoms in total. The molecular weight excluding hydrogens is 454 g/mol. The number of rotatable bonds is 6. The number of nitrogens with two attached hydrogens (primary N) is 1. The Morgan fingerprint density at radius 2 is 2.03 bits per heavy atom. The zero-order valence-corrected chi connectivity index (χ0v) is 20.2. The standard InChI is InChI=1S/C24H31N5O6/c1-22(2)34-19-16(12-32-18(30)11-23(31-3)9-5-4-6-10-23)33-24(13-25,20(19)35-22)17-8-7-15-21(26)27-14-28-29(15)17/h7-8,14,16,19-20H,4-6,9-12H2,1-3H3,(H2,26,27,28)/t16-,19-,20-,24?/m1/s1. The lowest BCUT2D eigenvalue weighted by molar-refractivity contribution is -0.207. The SMILES string of the molecule is COC1(CC(=O)OC[C@H]2OC(C#N)(c3ccc4c(N)ncnn34)[C@@H]3OC(C)(C)O[C@@H]32)CCCCC1. The predicted molar refractivity (Wildman–Crippen MR) is 122 cm³/mol. The zero-order chi connectivity index (χ0) is 24.8. The highest BCUT2D eigenvalue weighted by atomic mass is 16.8. The summed E-state index contributed by atoms with van der Waals surface area (Å²) in [6.07, 6.45) is 4.23. The number of ether oxygens (including phenoxy) is 5. The molecule has 3 aliphatic rings. The molecule has 0 spiro atoms. The van der Waals surface area contributed by atoms with Crippen molar-refractivity contribution in [3.05, 3.63) is 24.2 Å². The van der Waals surface area contributed by atoms with Crippen molar-refractivity contribution >= 4 is 17.3 Å². The molecule has 0 aromatic carbocycles. The van der Waals surface area contributed by atoms with Gasteiger partial charge in [0.1, 0.15) is 42.8 Å². The van der Waals surface area contributed by atoms with E-state index in [1.807, 2.05) is 0 Å². The minimum Gasteiger partial charge on any atom is -0.463 e. The lowest BCUT2D eigenvalue weighted by Crippen LogP contribution is -2.40. The molecule has 4 atom stereocenters.